The third-order valence-electron chi connectivity index (χ3n) is 3.45. The summed E-state index contributed by atoms with van der Waals surface area (Å²) in [6, 6.07) is 6.75. The zero-order valence-electron chi connectivity index (χ0n) is 10.8. The van der Waals surface area contributed by atoms with Gasteiger partial charge >= 0.3 is 0 Å². The predicted molar refractivity (Wildman–Crippen MR) is 82.7 cm³/mol. The lowest BCUT2D eigenvalue weighted by Crippen LogP contribution is -2.42. The molecule has 0 amide bonds. The highest BCUT2D eigenvalue weighted by atomic mass is 79.9. The number of piperidine rings is 1. The van der Waals surface area contributed by atoms with Crippen molar-refractivity contribution in [3.05, 3.63) is 27.7 Å². The van der Waals surface area contributed by atoms with Gasteiger partial charge in [0.2, 0.25) is 0 Å². The summed E-state index contributed by atoms with van der Waals surface area (Å²) >= 11 is 9.73. The molecule has 1 aliphatic heterocycles. The molecule has 0 atom stereocenters. The average molecular weight is 332 g/mol. The Bertz CT molecular complexity index is 389. The maximum Gasteiger partial charge on any atom is 0.0595 e. The zero-order chi connectivity index (χ0) is 13.0. The summed E-state index contributed by atoms with van der Waals surface area (Å²) in [5, 5.41) is 4.40. The fraction of sp³-hybridized carbons (Fsp3) is 0.571. The smallest absolute Gasteiger partial charge is 0.0595 e. The van der Waals surface area contributed by atoms with E-state index >= 15 is 0 Å². The van der Waals surface area contributed by atoms with Gasteiger partial charge in [0.15, 0.2) is 0 Å². The minimum Gasteiger partial charge on any atom is -0.370 e. The molecule has 0 saturated carbocycles. The molecular weight excluding hydrogens is 312 g/mol. The van der Waals surface area contributed by atoms with Crippen molar-refractivity contribution in [2.45, 2.75) is 32.2 Å². The molecular formula is C14H20BrClN2. The van der Waals surface area contributed by atoms with Gasteiger partial charge in [-0.15, -0.1) is 0 Å². The van der Waals surface area contributed by atoms with Crippen LogP contribution in [-0.4, -0.2) is 25.7 Å². The van der Waals surface area contributed by atoms with E-state index < -0.39 is 0 Å². The summed E-state index contributed by atoms with van der Waals surface area (Å²) in [5.41, 5.74) is 1.22. The van der Waals surface area contributed by atoms with Crippen LogP contribution >= 0.6 is 27.5 Å². The summed E-state index contributed by atoms with van der Waals surface area (Å²) in [6.45, 7) is 5.54. The van der Waals surface area contributed by atoms with Crippen molar-refractivity contribution >= 4 is 33.2 Å². The number of nitrogens with zero attached hydrogens (tertiary/aromatic N) is 1. The van der Waals surface area contributed by atoms with Gasteiger partial charge < -0.3 is 10.2 Å². The van der Waals surface area contributed by atoms with Crippen molar-refractivity contribution in [2.75, 3.05) is 24.5 Å². The lowest BCUT2D eigenvalue weighted by Gasteiger charge is -2.34. The standard InChI is InChI=1S/C14H20BrClN2/c1-2-8-17-11-6-9-18(10-7-11)13-5-3-4-12(16)14(13)15/h3-5,11,17H,2,6-10H2,1H3. The van der Waals surface area contributed by atoms with Gasteiger partial charge in [0.05, 0.1) is 15.2 Å². The summed E-state index contributed by atoms with van der Waals surface area (Å²) in [6.07, 6.45) is 3.62. The van der Waals surface area contributed by atoms with Gasteiger partial charge in [0.25, 0.3) is 0 Å². The van der Waals surface area contributed by atoms with Crippen LogP contribution in [0.4, 0.5) is 5.69 Å². The molecule has 1 aromatic carbocycles. The number of hydrogen-bond acceptors (Lipinski definition) is 2. The normalized spacial score (nSPS) is 17.2. The second-order valence-corrected chi connectivity index (χ2v) is 5.99. The van der Waals surface area contributed by atoms with Crippen LogP contribution in [-0.2, 0) is 0 Å². The molecule has 1 saturated heterocycles. The van der Waals surface area contributed by atoms with E-state index in [0.717, 1.165) is 29.1 Å². The Morgan fingerprint density at radius 1 is 1.39 bits per heavy atom. The molecule has 1 aromatic rings. The van der Waals surface area contributed by atoms with E-state index in [9.17, 15) is 0 Å². The second kappa shape index (κ2) is 6.78. The Hall–Kier alpha value is -0.250. The highest BCUT2D eigenvalue weighted by Gasteiger charge is 2.20. The molecule has 0 aromatic heterocycles. The van der Waals surface area contributed by atoms with E-state index in [2.05, 4.69) is 39.1 Å². The van der Waals surface area contributed by atoms with Crippen LogP contribution in [0.3, 0.4) is 0 Å². The number of anilines is 1. The fourth-order valence-electron chi connectivity index (χ4n) is 2.41. The molecule has 4 heteroatoms. The Labute approximate surface area is 123 Å². The van der Waals surface area contributed by atoms with Crippen LogP contribution in [0.2, 0.25) is 5.02 Å². The van der Waals surface area contributed by atoms with Gasteiger partial charge in [-0.1, -0.05) is 24.6 Å². The first-order valence-electron chi connectivity index (χ1n) is 6.64. The molecule has 1 heterocycles. The quantitative estimate of drug-likeness (QED) is 0.894. The summed E-state index contributed by atoms with van der Waals surface area (Å²) in [5.74, 6) is 0. The van der Waals surface area contributed by atoms with Crippen molar-refractivity contribution in [3.8, 4) is 0 Å². The van der Waals surface area contributed by atoms with E-state index in [0.29, 0.717) is 6.04 Å². The topological polar surface area (TPSA) is 15.3 Å². The van der Waals surface area contributed by atoms with Crippen LogP contribution in [0, 0.1) is 0 Å². The van der Waals surface area contributed by atoms with Gasteiger partial charge in [0.1, 0.15) is 0 Å². The number of halogens is 2. The maximum atomic E-state index is 6.14. The van der Waals surface area contributed by atoms with Crippen molar-refractivity contribution in [2.24, 2.45) is 0 Å². The Morgan fingerprint density at radius 2 is 2.11 bits per heavy atom. The van der Waals surface area contributed by atoms with Crippen molar-refractivity contribution < 1.29 is 0 Å². The van der Waals surface area contributed by atoms with Crippen molar-refractivity contribution in [3.63, 3.8) is 0 Å². The lowest BCUT2D eigenvalue weighted by atomic mass is 10.0. The van der Waals surface area contributed by atoms with Crippen LogP contribution in [0.1, 0.15) is 26.2 Å². The monoisotopic (exact) mass is 330 g/mol. The minimum atomic E-state index is 0.680. The van der Waals surface area contributed by atoms with Crippen molar-refractivity contribution in [1.29, 1.82) is 0 Å². The summed E-state index contributed by atoms with van der Waals surface area (Å²) in [4.78, 5) is 2.42. The zero-order valence-corrected chi connectivity index (χ0v) is 13.1. The Kier molecular flexibility index (Phi) is 5.34. The second-order valence-electron chi connectivity index (χ2n) is 4.79. The average Bonchev–Trinajstić information content (AvgIpc) is 2.40. The predicted octanol–water partition coefficient (Wildman–Crippen LogP) is 4.07. The van der Waals surface area contributed by atoms with E-state index in [1.54, 1.807) is 0 Å². The van der Waals surface area contributed by atoms with Crippen molar-refractivity contribution in [1.82, 2.24) is 5.32 Å². The first-order valence-corrected chi connectivity index (χ1v) is 7.81. The highest BCUT2D eigenvalue weighted by molar-refractivity contribution is 9.10. The largest absolute Gasteiger partial charge is 0.370 e. The van der Waals surface area contributed by atoms with Crippen LogP contribution in [0.5, 0.6) is 0 Å². The van der Waals surface area contributed by atoms with Gasteiger partial charge in [-0.3, -0.25) is 0 Å². The third-order valence-corrected chi connectivity index (χ3v) is 4.83. The van der Waals surface area contributed by atoms with Crippen LogP contribution in [0.15, 0.2) is 22.7 Å². The van der Waals surface area contributed by atoms with Crippen LogP contribution in [0.25, 0.3) is 0 Å². The Morgan fingerprint density at radius 3 is 2.78 bits per heavy atom. The molecule has 0 aliphatic carbocycles. The molecule has 0 bridgehead atoms. The first kappa shape index (κ1) is 14.2. The number of rotatable bonds is 4. The molecule has 2 nitrogen and oxygen atoms in total. The third kappa shape index (κ3) is 3.40. The SMILES string of the molecule is CCCNC1CCN(c2cccc(Cl)c2Br)CC1. The molecule has 1 N–H and O–H groups in total. The number of nitrogens with one attached hydrogen (secondary N) is 1. The van der Waals surface area contributed by atoms with E-state index in [-0.39, 0.29) is 0 Å². The number of hydrogen-bond donors (Lipinski definition) is 1. The van der Waals surface area contributed by atoms with E-state index in [4.69, 9.17) is 11.6 Å². The Balaban J connectivity index is 1.95. The first-order chi connectivity index (χ1) is 8.72. The van der Waals surface area contributed by atoms with Gasteiger partial charge in [-0.25, -0.2) is 0 Å². The van der Waals surface area contributed by atoms with Gasteiger partial charge in [0, 0.05) is 19.1 Å². The molecule has 1 fully saturated rings. The van der Waals surface area contributed by atoms with E-state index in [1.807, 2.05) is 12.1 Å². The fourth-order valence-corrected chi connectivity index (χ4v) is 3.09. The lowest BCUT2D eigenvalue weighted by molar-refractivity contribution is 0.416. The number of benzene rings is 1. The molecule has 0 unspecified atom stereocenters. The van der Waals surface area contributed by atoms with Gasteiger partial charge in [-0.2, -0.15) is 0 Å². The van der Waals surface area contributed by atoms with E-state index in [1.165, 1.54) is 24.9 Å². The molecule has 100 valence electrons. The minimum absolute atomic E-state index is 0.680. The highest BCUT2D eigenvalue weighted by Crippen LogP contribution is 2.34. The molecule has 0 radical (unpaired) electrons. The molecule has 18 heavy (non-hydrogen) atoms. The van der Waals surface area contributed by atoms with Crippen LogP contribution < -0.4 is 10.2 Å². The van der Waals surface area contributed by atoms with Gasteiger partial charge in [-0.05, 0) is 53.9 Å². The molecule has 0 spiro atoms. The summed E-state index contributed by atoms with van der Waals surface area (Å²) in [7, 11) is 0. The maximum absolute atomic E-state index is 6.14. The molecule has 2 rings (SSSR count). The summed E-state index contributed by atoms with van der Waals surface area (Å²) < 4.78 is 1.02. The molecule has 1 aliphatic rings.